The third-order valence-corrected chi connectivity index (χ3v) is 4.23. The molecule has 0 aromatic heterocycles. The maximum absolute atomic E-state index is 13.2. The van der Waals surface area contributed by atoms with Crippen molar-refractivity contribution in [2.75, 3.05) is 18.0 Å². The van der Waals surface area contributed by atoms with Crippen molar-refractivity contribution in [3.05, 3.63) is 41.5 Å². The van der Waals surface area contributed by atoms with Crippen LogP contribution in [0.5, 0.6) is 0 Å². The Labute approximate surface area is 138 Å². The minimum absolute atomic E-state index is 0.0340. The molecule has 0 saturated heterocycles. The number of fused-ring (bicyclic) bond motifs is 3. The van der Waals surface area contributed by atoms with Crippen molar-refractivity contribution in [2.45, 2.75) is 19.0 Å². The van der Waals surface area contributed by atoms with Crippen LogP contribution in [0.2, 0.25) is 0 Å². The van der Waals surface area contributed by atoms with Crippen LogP contribution in [0.25, 0.3) is 10.8 Å². The lowest BCUT2D eigenvalue weighted by atomic mass is 9.94. The maximum Gasteiger partial charge on any atom is 0.417 e. The first kappa shape index (κ1) is 16.2. The quantitative estimate of drug-likeness (QED) is 0.491. The molecule has 2 aromatic rings. The molecule has 24 heavy (non-hydrogen) atoms. The Kier molecular flexibility index (Phi) is 3.88. The van der Waals surface area contributed by atoms with Crippen LogP contribution in [0.3, 0.4) is 0 Å². The molecule has 2 N–H and O–H groups in total. The molecule has 1 atom stereocenters. The summed E-state index contributed by atoms with van der Waals surface area (Å²) in [6.07, 6.45) is 0.805. The highest BCUT2D eigenvalue weighted by atomic mass is 19.4. The first-order valence-corrected chi connectivity index (χ1v) is 7.48. The van der Waals surface area contributed by atoms with Crippen LogP contribution in [0.15, 0.2) is 35.3 Å². The van der Waals surface area contributed by atoms with E-state index in [-0.39, 0.29) is 23.8 Å². The number of nitrogens with zero attached hydrogens (tertiary/aromatic N) is 2. The second kappa shape index (κ2) is 5.75. The van der Waals surface area contributed by atoms with Gasteiger partial charge in [-0.3, -0.25) is 0 Å². The van der Waals surface area contributed by atoms with E-state index in [0.29, 0.717) is 11.9 Å². The van der Waals surface area contributed by atoms with Crippen LogP contribution >= 0.6 is 0 Å². The maximum atomic E-state index is 13.2. The van der Waals surface area contributed by atoms with Gasteiger partial charge in [-0.05, 0) is 28.5 Å². The molecule has 0 aliphatic carbocycles. The van der Waals surface area contributed by atoms with E-state index in [1.807, 2.05) is 6.92 Å². The van der Waals surface area contributed by atoms with E-state index < -0.39 is 11.7 Å². The molecular weight excluding hydrogens is 315 g/mol. The number of benzene rings is 2. The van der Waals surface area contributed by atoms with E-state index in [1.54, 1.807) is 17.0 Å². The topological polar surface area (TPSA) is 41.6 Å². The summed E-state index contributed by atoms with van der Waals surface area (Å²) in [5, 5.41) is 0.804. The van der Waals surface area contributed by atoms with Gasteiger partial charge in [-0.2, -0.15) is 13.2 Å². The largest absolute Gasteiger partial charge is 0.417 e. The zero-order chi connectivity index (χ0) is 17.5. The highest BCUT2D eigenvalue weighted by Crippen LogP contribution is 2.44. The van der Waals surface area contributed by atoms with Gasteiger partial charge in [-0.15, -0.1) is 6.42 Å². The first-order chi connectivity index (χ1) is 11.3. The van der Waals surface area contributed by atoms with E-state index in [9.17, 15) is 13.2 Å². The first-order valence-electron chi connectivity index (χ1n) is 7.48. The van der Waals surface area contributed by atoms with Gasteiger partial charge in [0.15, 0.2) is 5.96 Å². The Balaban J connectivity index is 2.19. The van der Waals surface area contributed by atoms with Crippen molar-refractivity contribution in [1.82, 2.24) is 0 Å². The molecule has 3 nitrogen and oxygen atoms in total. The number of alkyl halides is 3. The van der Waals surface area contributed by atoms with Gasteiger partial charge in [-0.1, -0.05) is 31.0 Å². The predicted octanol–water partition coefficient (Wildman–Crippen LogP) is 3.73. The Hall–Kier alpha value is -2.68. The van der Waals surface area contributed by atoms with Crippen molar-refractivity contribution < 1.29 is 13.2 Å². The van der Waals surface area contributed by atoms with Crippen molar-refractivity contribution >= 4 is 22.4 Å². The van der Waals surface area contributed by atoms with Crippen LogP contribution in [0.4, 0.5) is 18.9 Å². The lowest BCUT2D eigenvalue weighted by molar-refractivity contribution is -0.136. The summed E-state index contributed by atoms with van der Waals surface area (Å²) in [5.74, 6) is 2.71. The molecule has 0 amide bonds. The number of aliphatic imine (C=N–C) groups is 1. The van der Waals surface area contributed by atoms with Crippen LogP contribution in [0.1, 0.15) is 24.0 Å². The Morgan fingerprint density at radius 2 is 2.08 bits per heavy atom. The predicted molar refractivity (Wildman–Crippen MR) is 90.0 cm³/mol. The normalized spacial score (nSPS) is 17.9. The number of rotatable bonds is 1. The number of nitrogens with two attached hydrogens (primary N) is 1. The minimum atomic E-state index is -4.39. The van der Waals surface area contributed by atoms with E-state index >= 15 is 0 Å². The Morgan fingerprint density at radius 3 is 2.75 bits per heavy atom. The van der Waals surface area contributed by atoms with Crippen molar-refractivity contribution in [1.29, 1.82) is 0 Å². The number of terminal acetylenes is 1. The summed E-state index contributed by atoms with van der Waals surface area (Å²) in [4.78, 5) is 5.90. The molecule has 2 aromatic carbocycles. The fourth-order valence-electron chi connectivity index (χ4n) is 3.26. The molecule has 124 valence electrons. The zero-order valence-electron chi connectivity index (χ0n) is 13.1. The van der Waals surface area contributed by atoms with Gasteiger partial charge >= 0.3 is 6.18 Å². The summed E-state index contributed by atoms with van der Waals surface area (Å²) >= 11 is 0. The van der Waals surface area contributed by atoms with Crippen LogP contribution in [0, 0.1) is 12.3 Å². The molecule has 1 heterocycles. The fourth-order valence-corrected chi connectivity index (χ4v) is 3.26. The molecule has 1 aliphatic heterocycles. The minimum Gasteiger partial charge on any atom is -0.369 e. The summed E-state index contributed by atoms with van der Waals surface area (Å²) in [6, 6.07) is 7.44. The molecule has 6 heteroatoms. The van der Waals surface area contributed by atoms with E-state index in [2.05, 4.69) is 10.9 Å². The highest BCUT2D eigenvalue weighted by Gasteiger charge is 2.35. The van der Waals surface area contributed by atoms with Crippen LogP contribution in [-0.4, -0.2) is 19.0 Å². The second-order valence-corrected chi connectivity index (χ2v) is 5.79. The average Bonchev–Trinajstić information content (AvgIpc) is 2.88. The van der Waals surface area contributed by atoms with Gasteiger partial charge in [0.05, 0.1) is 5.56 Å². The summed E-state index contributed by atoms with van der Waals surface area (Å²) in [7, 11) is 0. The number of halogens is 3. The van der Waals surface area contributed by atoms with Crippen molar-refractivity contribution in [3.8, 4) is 12.3 Å². The van der Waals surface area contributed by atoms with E-state index in [4.69, 9.17) is 12.2 Å². The SMILES string of the molecule is C#CCN=C(N)N1CC(C)c2c1ccc1c(C(F)(F)F)cccc21. The Morgan fingerprint density at radius 1 is 1.33 bits per heavy atom. The fraction of sp³-hybridized carbons (Fsp3) is 0.278. The molecule has 0 saturated carbocycles. The zero-order valence-corrected chi connectivity index (χ0v) is 13.1. The van der Waals surface area contributed by atoms with Gasteiger partial charge in [-0.25, -0.2) is 4.99 Å². The third kappa shape index (κ3) is 2.56. The molecular formula is C18H16F3N3. The van der Waals surface area contributed by atoms with E-state index in [0.717, 1.165) is 17.3 Å². The Bertz CT molecular complexity index is 862. The third-order valence-electron chi connectivity index (χ3n) is 4.23. The summed E-state index contributed by atoms with van der Waals surface area (Å²) in [5.41, 5.74) is 7.01. The van der Waals surface area contributed by atoms with Crippen molar-refractivity contribution in [3.63, 3.8) is 0 Å². The number of guanidine groups is 1. The van der Waals surface area contributed by atoms with Crippen molar-refractivity contribution in [2.24, 2.45) is 10.7 Å². The van der Waals surface area contributed by atoms with Crippen LogP contribution in [-0.2, 0) is 6.18 Å². The monoisotopic (exact) mass is 331 g/mol. The molecule has 0 radical (unpaired) electrons. The van der Waals surface area contributed by atoms with Gasteiger partial charge in [0.2, 0.25) is 0 Å². The smallest absolute Gasteiger partial charge is 0.369 e. The van der Waals surface area contributed by atoms with Gasteiger partial charge in [0, 0.05) is 18.2 Å². The number of anilines is 1. The number of hydrogen-bond donors (Lipinski definition) is 1. The molecule has 0 fully saturated rings. The summed E-state index contributed by atoms with van der Waals surface area (Å²) in [6.45, 7) is 2.69. The summed E-state index contributed by atoms with van der Waals surface area (Å²) < 4.78 is 39.7. The molecule has 0 bridgehead atoms. The lowest BCUT2D eigenvalue weighted by Gasteiger charge is -2.19. The molecule has 0 spiro atoms. The highest BCUT2D eigenvalue weighted by molar-refractivity contribution is 6.03. The lowest BCUT2D eigenvalue weighted by Crippen LogP contribution is -2.36. The molecule has 3 rings (SSSR count). The van der Waals surface area contributed by atoms with Gasteiger partial charge in [0.25, 0.3) is 0 Å². The number of hydrogen-bond acceptors (Lipinski definition) is 1. The van der Waals surface area contributed by atoms with Crippen LogP contribution < -0.4 is 10.6 Å². The van der Waals surface area contributed by atoms with Gasteiger partial charge < -0.3 is 10.6 Å². The molecule has 1 aliphatic rings. The second-order valence-electron chi connectivity index (χ2n) is 5.79. The average molecular weight is 331 g/mol. The standard InChI is InChI=1S/C18H16F3N3/c1-3-9-23-17(22)24-10-11(2)16-13-5-4-6-14(18(19,20)21)12(13)7-8-15(16)24/h1,4-8,11H,9-10H2,2H3,(H2,22,23). The van der Waals surface area contributed by atoms with Gasteiger partial charge in [0.1, 0.15) is 6.54 Å². The van der Waals surface area contributed by atoms with E-state index in [1.165, 1.54) is 12.1 Å². The molecule has 1 unspecified atom stereocenters.